The van der Waals surface area contributed by atoms with E-state index in [0.717, 1.165) is 12.0 Å². The Morgan fingerprint density at radius 1 is 1.22 bits per heavy atom. The molecule has 0 aliphatic heterocycles. The molecule has 0 saturated carbocycles. The molecule has 0 spiro atoms. The van der Waals surface area contributed by atoms with Gasteiger partial charge in [-0.15, -0.1) is 0 Å². The quantitative estimate of drug-likeness (QED) is 0.547. The van der Waals surface area contributed by atoms with Crippen molar-refractivity contribution in [3.05, 3.63) is 29.8 Å². The molecule has 1 aromatic carbocycles. The highest BCUT2D eigenvalue weighted by Crippen LogP contribution is 2.43. The van der Waals surface area contributed by atoms with Gasteiger partial charge in [0.2, 0.25) is 0 Å². The molecular formula is C16H26NO5P. The predicted molar refractivity (Wildman–Crippen MR) is 89.8 cm³/mol. The van der Waals surface area contributed by atoms with Gasteiger partial charge in [-0.05, 0) is 44.9 Å². The summed E-state index contributed by atoms with van der Waals surface area (Å²) in [5.41, 5.74) is 1.15. The maximum Gasteiger partial charge on any atom is 0.342 e. The van der Waals surface area contributed by atoms with Crippen LogP contribution >= 0.6 is 7.52 Å². The first kappa shape index (κ1) is 19.7. The van der Waals surface area contributed by atoms with Crippen LogP contribution in [-0.4, -0.2) is 31.6 Å². The predicted octanol–water partition coefficient (Wildman–Crippen LogP) is 3.35. The van der Waals surface area contributed by atoms with E-state index in [2.05, 4.69) is 12.0 Å². The van der Waals surface area contributed by atoms with Crippen LogP contribution in [0.3, 0.4) is 0 Å². The Morgan fingerprint density at radius 3 is 2.30 bits per heavy atom. The molecule has 1 N–H and O–H groups in total. The van der Waals surface area contributed by atoms with Gasteiger partial charge in [0.25, 0.3) is 0 Å². The molecule has 0 heterocycles. The Morgan fingerprint density at radius 2 is 1.83 bits per heavy atom. The van der Waals surface area contributed by atoms with Crippen LogP contribution in [0.1, 0.15) is 33.3 Å². The first-order chi connectivity index (χ1) is 10.8. The topological polar surface area (TPSA) is 73.9 Å². The van der Waals surface area contributed by atoms with E-state index in [-0.39, 0.29) is 12.5 Å². The number of carbonyl (C=O) groups is 1. The monoisotopic (exact) mass is 343 g/mol. The van der Waals surface area contributed by atoms with Gasteiger partial charge in [0.05, 0.1) is 6.10 Å². The fourth-order valence-electron chi connectivity index (χ4n) is 1.90. The summed E-state index contributed by atoms with van der Waals surface area (Å²) >= 11 is 0. The second-order valence-electron chi connectivity index (χ2n) is 5.52. The van der Waals surface area contributed by atoms with Crippen LogP contribution in [-0.2, 0) is 25.3 Å². The third kappa shape index (κ3) is 6.73. The van der Waals surface area contributed by atoms with E-state index < -0.39 is 19.5 Å². The molecule has 23 heavy (non-hydrogen) atoms. The molecule has 2 atom stereocenters. The SMILES string of the molecule is CCc1ccc(OP(=O)(COC)N[C@@H](C)C(=O)OC(C)C)cc1. The van der Waals surface area contributed by atoms with Gasteiger partial charge in [-0.25, -0.2) is 5.09 Å². The molecule has 0 amide bonds. The maximum absolute atomic E-state index is 12.9. The molecule has 0 aromatic heterocycles. The molecule has 1 rings (SSSR count). The highest BCUT2D eigenvalue weighted by Gasteiger charge is 2.30. The van der Waals surface area contributed by atoms with Crippen molar-refractivity contribution in [2.75, 3.05) is 13.5 Å². The Bertz CT molecular complexity index is 544. The lowest BCUT2D eigenvalue weighted by Crippen LogP contribution is -2.36. The second-order valence-corrected chi connectivity index (χ2v) is 7.56. The van der Waals surface area contributed by atoms with Gasteiger partial charge < -0.3 is 14.0 Å². The first-order valence-electron chi connectivity index (χ1n) is 7.64. The maximum atomic E-state index is 12.9. The number of hydrogen-bond acceptors (Lipinski definition) is 5. The summed E-state index contributed by atoms with van der Waals surface area (Å²) in [7, 11) is -1.97. The van der Waals surface area contributed by atoms with Gasteiger partial charge in [-0.2, -0.15) is 0 Å². The van der Waals surface area contributed by atoms with Crippen molar-refractivity contribution < 1.29 is 23.4 Å². The van der Waals surface area contributed by atoms with Gasteiger partial charge in [0.1, 0.15) is 18.1 Å². The van der Waals surface area contributed by atoms with E-state index >= 15 is 0 Å². The van der Waals surface area contributed by atoms with Gasteiger partial charge >= 0.3 is 13.5 Å². The number of nitrogens with one attached hydrogen (secondary N) is 1. The molecule has 1 unspecified atom stereocenters. The Kier molecular flexibility index (Phi) is 7.76. The van der Waals surface area contributed by atoms with E-state index in [1.807, 2.05) is 12.1 Å². The van der Waals surface area contributed by atoms with Crippen LogP contribution < -0.4 is 9.61 Å². The zero-order chi connectivity index (χ0) is 17.5. The minimum Gasteiger partial charge on any atom is -0.462 e. The minimum absolute atomic E-state index is 0.151. The third-order valence-electron chi connectivity index (χ3n) is 2.98. The fourth-order valence-corrected chi connectivity index (χ4v) is 3.58. The zero-order valence-electron chi connectivity index (χ0n) is 14.4. The number of ether oxygens (including phenoxy) is 2. The minimum atomic E-state index is -3.39. The molecule has 0 aliphatic carbocycles. The summed E-state index contributed by atoms with van der Waals surface area (Å²) in [6.07, 6.45) is 0.518. The van der Waals surface area contributed by atoms with Gasteiger partial charge in [-0.1, -0.05) is 19.1 Å². The lowest BCUT2D eigenvalue weighted by Gasteiger charge is -2.23. The van der Waals surface area contributed by atoms with E-state index in [1.54, 1.807) is 32.9 Å². The summed E-state index contributed by atoms with van der Waals surface area (Å²) in [5, 5.41) is 2.71. The first-order valence-corrected chi connectivity index (χ1v) is 9.45. The fraction of sp³-hybridized carbons (Fsp3) is 0.562. The summed E-state index contributed by atoms with van der Waals surface area (Å²) in [6, 6.07) is 6.54. The average Bonchev–Trinajstić information content (AvgIpc) is 2.47. The second kappa shape index (κ2) is 9.06. The highest BCUT2D eigenvalue weighted by molar-refractivity contribution is 7.57. The van der Waals surface area contributed by atoms with Crippen LogP contribution in [0.4, 0.5) is 0 Å². The van der Waals surface area contributed by atoms with Crippen molar-refractivity contribution in [3.8, 4) is 5.75 Å². The summed E-state index contributed by atoms with van der Waals surface area (Å²) in [4.78, 5) is 11.9. The van der Waals surface area contributed by atoms with Crippen molar-refractivity contribution >= 4 is 13.5 Å². The highest BCUT2D eigenvalue weighted by atomic mass is 31.2. The molecule has 0 saturated heterocycles. The van der Waals surface area contributed by atoms with E-state index in [1.165, 1.54) is 7.11 Å². The van der Waals surface area contributed by atoms with Gasteiger partial charge in [0, 0.05) is 7.11 Å². The van der Waals surface area contributed by atoms with Gasteiger partial charge in [-0.3, -0.25) is 9.36 Å². The largest absolute Gasteiger partial charge is 0.462 e. The number of rotatable bonds is 9. The lowest BCUT2D eigenvalue weighted by atomic mass is 10.2. The van der Waals surface area contributed by atoms with E-state index in [9.17, 15) is 9.36 Å². The number of esters is 1. The average molecular weight is 343 g/mol. The van der Waals surface area contributed by atoms with Crippen LogP contribution in [0.2, 0.25) is 0 Å². The number of carbonyl (C=O) groups excluding carboxylic acids is 1. The van der Waals surface area contributed by atoms with Crippen molar-refractivity contribution in [3.63, 3.8) is 0 Å². The van der Waals surface area contributed by atoms with Crippen LogP contribution in [0.15, 0.2) is 24.3 Å². The van der Waals surface area contributed by atoms with E-state index in [4.69, 9.17) is 14.0 Å². The van der Waals surface area contributed by atoms with Gasteiger partial charge in [0.15, 0.2) is 0 Å². The standard InChI is InChI=1S/C16H26NO5P/c1-6-14-7-9-15(10-8-14)22-23(19,11-20-5)17-13(4)16(18)21-12(2)3/h7-10,12-13H,6,11H2,1-5H3,(H,17,19)/t13-,23?/m0/s1. The number of aryl methyl sites for hydroxylation is 1. The summed E-state index contributed by atoms with van der Waals surface area (Å²) in [5.74, 6) is -0.0271. The Labute approximate surface area is 138 Å². The molecule has 0 fully saturated rings. The number of benzene rings is 1. The Hall–Kier alpha value is -1.36. The molecule has 0 bridgehead atoms. The summed E-state index contributed by atoms with van der Waals surface area (Å²) < 4.78 is 28.5. The van der Waals surface area contributed by atoms with E-state index in [0.29, 0.717) is 5.75 Å². The molecule has 0 aliphatic rings. The van der Waals surface area contributed by atoms with Crippen LogP contribution in [0.5, 0.6) is 5.75 Å². The van der Waals surface area contributed by atoms with Crippen LogP contribution in [0, 0.1) is 0 Å². The van der Waals surface area contributed by atoms with Crippen molar-refractivity contribution in [1.82, 2.24) is 5.09 Å². The number of methoxy groups -OCH3 is 1. The summed E-state index contributed by atoms with van der Waals surface area (Å²) in [6.45, 7) is 7.14. The van der Waals surface area contributed by atoms with Crippen molar-refractivity contribution in [2.24, 2.45) is 0 Å². The molecule has 0 radical (unpaired) electrons. The molecule has 130 valence electrons. The zero-order valence-corrected chi connectivity index (χ0v) is 15.3. The van der Waals surface area contributed by atoms with Crippen molar-refractivity contribution in [2.45, 2.75) is 46.3 Å². The molecule has 7 heteroatoms. The molecule has 1 aromatic rings. The molecular weight excluding hydrogens is 317 g/mol. The van der Waals surface area contributed by atoms with Crippen LogP contribution in [0.25, 0.3) is 0 Å². The smallest absolute Gasteiger partial charge is 0.342 e. The lowest BCUT2D eigenvalue weighted by molar-refractivity contribution is -0.149. The Balaban J connectivity index is 2.80. The normalized spacial score (nSPS) is 15.0. The molecule has 6 nitrogen and oxygen atoms in total. The third-order valence-corrected chi connectivity index (χ3v) is 4.86. The number of hydrogen-bond donors (Lipinski definition) is 1. The van der Waals surface area contributed by atoms with Crippen molar-refractivity contribution in [1.29, 1.82) is 0 Å².